The van der Waals surface area contributed by atoms with E-state index in [0.29, 0.717) is 0 Å². The van der Waals surface area contributed by atoms with Gasteiger partial charge in [-0.2, -0.15) is 0 Å². The fraction of sp³-hybridized carbons (Fsp3) is 0.364. The number of carboxylic acids is 1. The molecule has 0 saturated carbocycles. The molecule has 0 fully saturated rings. The van der Waals surface area contributed by atoms with Crippen LogP contribution in [-0.2, 0) is 0 Å². The van der Waals surface area contributed by atoms with Crippen LogP contribution in [-0.4, -0.2) is 33.3 Å². The zero-order valence-corrected chi connectivity index (χ0v) is 9.56. The predicted molar refractivity (Wildman–Crippen MR) is 59.7 cm³/mol. The predicted octanol–water partition coefficient (Wildman–Crippen LogP) is 1.55. The summed E-state index contributed by atoms with van der Waals surface area (Å²) in [6.45, 7) is 0. The van der Waals surface area contributed by atoms with Crippen molar-refractivity contribution in [1.29, 1.82) is 0 Å². The third-order valence-electron chi connectivity index (χ3n) is 2.28. The Bertz CT molecular complexity index is 410. The van der Waals surface area contributed by atoms with Gasteiger partial charge in [0.15, 0.2) is 0 Å². The molecule has 2 atom stereocenters. The van der Waals surface area contributed by atoms with Gasteiger partial charge in [-0.05, 0) is 30.2 Å². The minimum Gasteiger partial charge on any atom is -0.478 e. The number of hydrogen-bond donors (Lipinski definition) is 3. The summed E-state index contributed by atoms with van der Waals surface area (Å²) in [4.78, 5) is 10.7. The molecule has 0 heterocycles. The lowest BCUT2D eigenvalue weighted by Gasteiger charge is -2.17. The minimum absolute atomic E-state index is 0.0139. The van der Waals surface area contributed by atoms with Gasteiger partial charge >= 0.3 is 5.97 Å². The van der Waals surface area contributed by atoms with Gasteiger partial charge < -0.3 is 15.3 Å². The average molecular weight is 263 g/mol. The SMILES string of the molecule is O=C(O)c1cc(F)cc(C(O)C(O)CCCl)c1. The lowest BCUT2D eigenvalue weighted by Crippen LogP contribution is -2.19. The molecule has 0 radical (unpaired) electrons. The largest absolute Gasteiger partial charge is 0.478 e. The van der Waals surface area contributed by atoms with E-state index in [4.69, 9.17) is 16.7 Å². The molecule has 0 spiro atoms. The highest BCUT2D eigenvalue weighted by molar-refractivity contribution is 6.17. The van der Waals surface area contributed by atoms with Crippen LogP contribution in [0.3, 0.4) is 0 Å². The summed E-state index contributed by atoms with van der Waals surface area (Å²) in [5.74, 6) is -1.94. The molecule has 0 amide bonds. The van der Waals surface area contributed by atoms with Crippen molar-refractivity contribution in [2.45, 2.75) is 18.6 Å². The molecule has 17 heavy (non-hydrogen) atoms. The Morgan fingerprint density at radius 2 is 2.00 bits per heavy atom. The molecule has 1 aromatic rings. The molecule has 6 heteroatoms. The highest BCUT2D eigenvalue weighted by Crippen LogP contribution is 2.21. The lowest BCUT2D eigenvalue weighted by molar-refractivity contribution is 0.0167. The Kier molecular flexibility index (Phi) is 4.86. The highest BCUT2D eigenvalue weighted by atomic mass is 35.5. The van der Waals surface area contributed by atoms with E-state index < -0.39 is 24.0 Å². The van der Waals surface area contributed by atoms with Crippen molar-refractivity contribution >= 4 is 17.6 Å². The van der Waals surface area contributed by atoms with Crippen molar-refractivity contribution in [3.63, 3.8) is 0 Å². The van der Waals surface area contributed by atoms with Crippen molar-refractivity contribution in [2.24, 2.45) is 0 Å². The second kappa shape index (κ2) is 5.95. The van der Waals surface area contributed by atoms with Crippen LogP contribution in [0.15, 0.2) is 18.2 Å². The van der Waals surface area contributed by atoms with Gasteiger partial charge in [-0.15, -0.1) is 11.6 Å². The smallest absolute Gasteiger partial charge is 0.335 e. The topological polar surface area (TPSA) is 77.8 Å². The fourth-order valence-corrected chi connectivity index (χ4v) is 1.62. The molecular weight excluding hydrogens is 251 g/mol. The maximum absolute atomic E-state index is 13.1. The number of aliphatic hydroxyl groups excluding tert-OH is 2. The van der Waals surface area contributed by atoms with E-state index in [1.807, 2.05) is 0 Å². The number of alkyl halides is 1. The molecule has 0 saturated heterocycles. The van der Waals surface area contributed by atoms with E-state index >= 15 is 0 Å². The highest BCUT2D eigenvalue weighted by Gasteiger charge is 2.20. The number of carbonyl (C=O) groups is 1. The Labute approximate surface area is 102 Å². The number of rotatable bonds is 5. The van der Waals surface area contributed by atoms with Crippen LogP contribution in [0.5, 0.6) is 0 Å². The second-order valence-electron chi connectivity index (χ2n) is 3.57. The first-order valence-corrected chi connectivity index (χ1v) is 5.45. The third kappa shape index (κ3) is 3.66. The van der Waals surface area contributed by atoms with Gasteiger partial charge in [-0.1, -0.05) is 0 Å². The van der Waals surface area contributed by atoms with Gasteiger partial charge in [0.05, 0.1) is 11.7 Å². The van der Waals surface area contributed by atoms with Crippen molar-refractivity contribution in [3.8, 4) is 0 Å². The zero-order valence-electron chi connectivity index (χ0n) is 8.81. The summed E-state index contributed by atoms with van der Waals surface area (Å²) >= 11 is 5.40. The summed E-state index contributed by atoms with van der Waals surface area (Å²) in [5, 5.41) is 27.9. The number of hydrogen-bond acceptors (Lipinski definition) is 3. The fourth-order valence-electron chi connectivity index (χ4n) is 1.40. The number of aliphatic hydroxyl groups is 2. The first-order valence-electron chi connectivity index (χ1n) is 4.91. The lowest BCUT2D eigenvalue weighted by atomic mass is 10.0. The monoisotopic (exact) mass is 262 g/mol. The first-order chi connectivity index (χ1) is 7.95. The maximum atomic E-state index is 13.1. The van der Waals surface area contributed by atoms with Gasteiger partial charge in [-0.3, -0.25) is 0 Å². The first kappa shape index (κ1) is 13.9. The zero-order chi connectivity index (χ0) is 13.0. The maximum Gasteiger partial charge on any atom is 0.335 e. The molecule has 94 valence electrons. The molecule has 0 bridgehead atoms. The van der Waals surface area contributed by atoms with Crippen LogP contribution >= 0.6 is 11.6 Å². The van der Waals surface area contributed by atoms with Gasteiger partial charge in [-0.25, -0.2) is 9.18 Å². The van der Waals surface area contributed by atoms with Crippen LogP contribution in [0, 0.1) is 5.82 Å². The standard InChI is InChI=1S/C11H12ClFO4/c12-2-1-9(14)10(15)6-3-7(11(16)17)5-8(13)4-6/h3-5,9-10,14-15H,1-2H2,(H,16,17). The molecule has 0 aliphatic rings. The second-order valence-corrected chi connectivity index (χ2v) is 3.95. The van der Waals surface area contributed by atoms with Crippen molar-refractivity contribution in [2.75, 3.05) is 5.88 Å². The van der Waals surface area contributed by atoms with Crippen molar-refractivity contribution in [1.82, 2.24) is 0 Å². The van der Waals surface area contributed by atoms with Gasteiger partial charge in [0.1, 0.15) is 11.9 Å². The van der Waals surface area contributed by atoms with E-state index in [0.717, 1.165) is 18.2 Å². The summed E-state index contributed by atoms with van der Waals surface area (Å²) in [6.07, 6.45) is -2.39. The van der Waals surface area contributed by atoms with Crippen LogP contribution < -0.4 is 0 Å². The van der Waals surface area contributed by atoms with Gasteiger partial charge in [0.25, 0.3) is 0 Å². The number of halogens is 2. The van der Waals surface area contributed by atoms with Crippen molar-refractivity contribution in [3.05, 3.63) is 35.1 Å². The third-order valence-corrected chi connectivity index (χ3v) is 2.50. The minimum atomic E-state index is -1.36. The van der Waals surface area contributed by atoms with E-state index in [-0.39, 0.29) is 23.4 Å². The Morgan fingerprint density at radius 1 is 1.35 bits per heavy atom. The van der Waals surface area contributed by atoms with E-state index in [2.05, 4.69) is 0 Å². The number of benzene rings is 1. The summed E-state index contributed by atoms with van der Waals surface area (Å²) in [5.41, 5.74) is -0.267. The number of carboxylic acid groups (broad SMARTS) is 1. The molecular formula is C11H12ClFO4. The van der Waals surface area contributed by atoms with Gasteiger partial charge in [0, 0.05) is 5.88 Å². The summed E-state index contributed by atoms with van der Waals surface area (Å²) < 4.78 is 13.1. The molecule has 0 aliphatic carbocycles. The van der Waals surface area contributed by atoms with Crippen LogP contribution in [0.25, 0.3) is 0 Å². The molecule has 1 aromatic carbocycles. The average Bonchev–Trinajstić information content (AvgIpc) is 2.27. The molecule has 3 N–H and O–H groups in total. The normalized spacial score (nSPS) is 14.4. The van der Waals surface area contributed by atoms with Crippen molar-refractivity contribution < 1.29 is 24.5 Å². The quantitative estimate of drug-likeness (QED) is 0.704. The molecule has 0 aliphatic heterocycles. The van der Waals surface area contributed by atoms with E-state index in [1.54, 1.807) is 0 Å². The van der Waals surface area contributed by atoms with E-state index in [1.165, 1.54) is 0 Å². The Morgan fingerprint density at radius 3 is 2.53 bits per heavy atom. The summed E-state index contributed by atoms with van der Waals surface area (Å²) in [6, 6.07) is 2.94. The molecule has 0 aromatic heterocycles. The molecule has 2 unspecified atom stereocenters. The van der Waals surface area contributed by atoms with E-state index in [9.17, 15) is 19.4 Å². The van der Waals surface area contributed by atoms with Gasteiger partial charge in [0.2, 0.25) is 0 Å². The van der Waals surface area contributed by atoms with Crippen LogP contribution in [0.1, 0.15) is 28.4 Å². The molecule has 1 rings (SSSR count). The number of aromatic carboxylic acids is 1. The Hall–Kier alpha value is -1.17. The summed E-state index contributed by atoms with van der Waals surface area (Å²) in [7, 11) is 0. The molecule has 4 nitrogen and oxygen atoms in total. The van der Waals surface area contributed by atoms with Crippen LogP contribution in [0.2, 0.25) is 0 Å². The Balaban J connectivity index is 3.01. The van der Waals surface area contributed by atoms with Crippen LogP contribution in [0.4, 0.5) is 4.39 Å².